The Morgan fingerprint density at radius 3 is 2.34 bits per heavy atom. The molecule has 0 bridgehead atoms. The van der Waals surface area contributed by atoms with E-state index in [1.54, 1.807) is 36.4 Å². The van der Waals surface area contributed by atoms with Crippen LogP contribution in [0, 0.1) is 11.3 Å². The maximum atomic E-state index is 12.5. The highest BCUT2D eigenvalue weighted by atomic mass is 16.5. The van der Waals surface area contributed by atoms with E-state index in [4.69, 9.17) is 10.00 Å². The average Bonchev–Trinajstić information content (AvgIpc) is 2.77. The zero-order valence-electron chi connectivity index (χ0n) is 15.8. The third-order valence-electron chi connectivity index (χ3n) is 4.42. The number of esters is 1. The molecule has 3 aromatic rings. The van der Waals surface area contributed by atoms with E-state index in [0.29, 0.717) is 23.2 Å². The minimum absolute atomic E-state index is 0.346. The molecule has 0 fully saturated rings. The summed E-state index contributed by atoms with van der Waals surface area (Å²) in [6, 6.07) is 25.9. The van der Waals surface area contributed by atoms with Crippen molar-refractivity contribution < 1.29 is 14.3 Å². The molecule has 3 aromatic carbocycles. The molecule has 0 atom stereocenters. The van der Waals surface area contributed by atoms with Crippen molar-refractivity contribution in [2.24, 2.45) is 0 Å². The summed E-state index contributed by atoms with van der Waals surface area (Å²) >= 11 is 0. The predicted octanol–water partition coefficient (Wildman–Crippen LogP) is 4.14. The van der Waals surface area contributed by atoms with Crippen LogP contribution < -0.4 is 5.32 Å². The molecule has 5 nitrogen and oxygen atoms in total. The highest BCUT2D eigenvalue weighted by molar-refractivity contribution is 5.96. The average molecular weight is 384 g/mol. The second kappa shape index (κ2) is 9.86. The summed E-state index contributed by atoms with van der Waals surface area (Å²) in [5, 5.41) is 11.7. The third kappa shape index (κ3) is 5.53. The molecule has 1 N–H and O–H groups in total. The van der Waals surface area contributed by atoms with Crippen molar-refractivity contribution in [1.29, 1.82) is 5.26 Å². The summed E-state index contributed by atoms with van der Waals surface area (Å²) in [5.74, 6) is -1.04. The molecule has 0 saturated carbocycles. The van der Waals surface area contributed by atoms with Crippen LogP contribution in [0.2, 0.25) is 0 Å². The highest BCUT2D eigenvalue weighted by Gasteiger charge is 2.15. The molecule has 3 rings (SSSR count). The topological polar surface area (TPSA) is 79.2 Å². The van der Waals surface area contributed by atoms with Gasteiger partial charge < -0.3 is 10.1 Å². The van der Waals surface area contributed by atoms with Gasteiger partial charge in [0, 0.05) is 0 Å². The number of carbonyl (C=O) groups is 2. The molecule has 0 aliphatic rings. The highest BCUT2D eigenvalue weighted by Crippen LogP contribution is 2.15. The van der Waals surface area contributed by atoms with E-state index in [9.17, 15) is 9.59 Å². The Labute approximate surface area is 169 Å². The summed E-state index contributed by atoms with van der Waals surface area (Å²) in [7, 11) is 0. The number of nitrogens with one attached hydrogen (secondary N) is 1. The van der Waals surface area contributed by atoms with Crippen molar-refractivity contribution in [3.05, 3.63) is 101 Å². The molecular formula is C24H20N2O3. The number of ether oxygens (including phenoxy) is 1. The number of aryl methyl sites for hydroxylation is 2. The van der Waals surface area contributed by atoms with Crippen molar-refractivity contribution in [2.45, 2.75) is 12.8 Å². The zero-order chi connectivity index (χ0) is 20.5. The van der Waals surface area contributed by atoms with Gasteiger partial charge in [-0.3, -0.25) is 4.79 Å². The lowest BCUT2D eigenvalue weighted by atomic mass is 10.00. The number of nitrogens with zero attached hydrogens (tertiary/aromatic N) is 1. The summed E-state index contributed by atoms with van der Waals surface area (Å²) < 4.78 is 5.19. The van der Waals surface area contributed by atoms with Gasteiger partial charge in [-0.05, 0) is 42.2 Å². The summed E-state index contributed by atoms with van der Waals surface area (Å²) in [5.41, 5.74) is 3.24. The van der Waals surface area contributed by atoms with E-state index in [1.165, 1.54) is 5.56 Å². The minimum atomic E-state index is -0.544. The van der Waals surface area contributed by atoms with Crippen LogP contribution in [0.15, 0.2) is 78.9 Å². The fourth-order valence-corrected chi connectivity index (χ4v) is 2.95. The maximum Gasteiger partial charge on any atom is 0.338 e. The Morgan fingerprint density at radius 2 is 1.55 bits per heavy atom. The number of carbonyl (C=O) groups excluding carboxylic acids is 2. The SMILES string of the molecule is N#Cc1ccccc1NC(=O)COC(=O)c1ccccc1CCc1ccccc1. The number of nitriles is 1. The quantitative estimate of drug-likeness (QED) is 0.621. The molecule has 1 amide bonds. The monoisotopic (exact) mass is 384 g/mol. The second-order valence-corrected chi connectivity index (χ2v) is 6.42. The normalized spacial score (nSPS) is 10.0. The lowest BCUT2D eigenvalue weighted by Gasteiger charge is -2.10. The Bertz CT molecular complexity index is 1040. The number of hydrogen-bond donors (Lipinski definition) is 1. The van der Waals surface area contributed by atoms with E-state index in [-0.39, 0.29) is 0 Å². The van der Waals surface area contributed by atoms with Gasteiger partial charge in [0.25, 0.3) is 5.91 Å². The first-order valence-electron chi connectivity index (χ1n) is 9.25. The fraction of sp³-hybridized carbons (Fsp3) is 0.125. The Kier molecular flexibility index (Phi) is 6.75. The number of hydrogen-bond acceptors (Lipinski definition) is 4. The molecule has 0 radical (unpaired) electrons. The van der Waals surface area contributed by atoms with Crippen molar-refractivity contribution in [3.63, 3.8) is 0 Å². The number of amides is 1. The number of para-hydroxylation sites is 1. The molecule has 0 aliphatic heterocycles. The van der Waals surface area contributed by atoms with Crippen LogP contribution >= 0.6 is 0 Å². The second-order valence-electron chi connectivity index (χ2n) is 6.42. The van der Waals surface area contributed by atoms with Gasteiger partial charge in [-0.25, -0.2) is 4.79 Å². The van der Waals surface area contributed by atoms with Crippen LogP contribution in [0.4, 0.5) is 5.69 Å². The fourth-order valence-electron chi connectivity index (χ4n) is 2.95. The van der Waals surface area contributed by atoms with Crippen molar-refractivity contribution in [2.75, 3.05) is 11.9 Å². The van der Waals surface area contributed by atoms with Gasteiger partial charge in [0.15, 0.2) is 6.61 Å². The Hall–Kier alpha value is -3.91. The van der Waals surface area contributed by atoms with Crippen LogP contribution in [0.25, 0.3) is 0 Å². The zero-order valence-corrected chi connectivity index (χ0v) is 15.8. The Balaban J connectivity index is 1.59. The van der Waals surface area contributed by atoms with E-state index in [1.807, 2.05) is 48.5 Å². The largest absolute Gasteiger partial charge is 0.452 e. The van der Waals surface area contributed by atoms with Gasteiger partial charge in [-0.15, -0.1) is 0 Å². The van der Waals surface area contributed by atoms with E-state index >= 15 is 0 Å². The van der Waals surface area contributed by atoms with Gasteiger partial charge in [-0.2, -0.15) is 5.26 Å². The van der Waals surface area contributed by atoms with Crippen LogP contribution in [0.5, 0.6) is 0 Å². The third-order valence-corrected chi connectivity index (χ3v) is 4.42. The summed E-state index contributed by atoms with van der Waals surface area (Å²) in [6.07, 6.45) is 1.49. The molecule has 0 aliphatic carbocycles. The molecule has 0 unspecified atom stereocenters. The van der Waals surface area contributed by atoms with Gasteiger partial charge in [0.1, 0.15) is 6.07 Å². The van der Waals surface area contributed by atoms with Crippen LogP contribution in [-0.2, 0) is 22.4 Å². The molecule has 0 heterocycles. The smallest absolute Gasteiger partial charge is 0.338 e. The summed E-state index contributed by atoms with van der Waals surface area (Å²) in [4.78, 5) is 24.6. The van der Waals surface area contributed by atoms with E-state index < -0.39 is 18.5 Å². The van der Waals surface area contributed by atoms with Crippen molar-refractivity contribution in [3.8, 4) is 6.07 Å². The first kappa shape index (κ1) is 19.8. The van der Waals surface area contributed by atoms with Crippen LogP contribution in [0.3, 0.4) is 0 Å². The number of benzene rings is 3. The van der Waals surface area contributed by atoms with Gasteiger partial charge in [-0.1, -0.05) is 60.7 Å². The van der Waals surface area contributed by atoms with Gasteiger partial charge in [0.05, 0.1) is 16.8 Å². The maximum absolute atomic E-state index is 12.5. The molecule has 0 spiro atoms. The molecule has 5 heteroatoms. The van der Waals surface area contributed by atoms with Gasteiger partial charge >= 0.3 is 5.97 Å². The Morgan fingerprint density at radius 1 is 0.862 bits per heavy atom. The van der Waals surface area contributed by atoms with E-state index in [0.717, 1.165) is 12.0 Å². The van der Waals surface area contributed by atoms with Crippen molar-refractivity contribution in [1.82, 2.24) is 0 Å². The number of anilines is 1. The van der Waals surface area contributed by atoms with Gasteiger partial charge in [0.2, 0.25) is 0 Å². The predicted molar refractivity (Wildman–Crippen MR) is 110 cm³/mol. The van der Waals surface area contributed by atoms with Crippen LogP contribution in [0.1, 0.15) is 27.0 Å². The molecule has 29 heavy (non-hydrogen) atoms. The first-order chi connectivity index (χ1) is 14.2. The van der Waals surface area contributed by atoms with E-state index in [2.05, 4.69) is 5.32 Å². The minimum Gasteiger partial charge on any atom is -0.452 e. The lowest BCUT2D eigenvalue weighted by molar-refractivity contribution is -0.119. The molecule has 0 aromatic heterocycles. The van der Waals surface area contributed by atoms with Crippen molar-refractivity contribution >= 4 is 17.6 Å². The lowest BCUT2D eigenvalue weighted by Crippen LogP contribution is -2.22. The summed E-state index contributed by atoms with van der Waals surface area (Å²) in [6.45, 7) is -0.425. The molecule has 144 valence electrons. The number of rotatable bonds is 7. The molecule has 0 saturated heterocycles. The first-order valence-corrected chi connectivity index (χ1v) is 9.25. The standard InChI is InChI=1S/C24H20N2O3/c25-16-20-11-5-7-13-22(20)26-23(27)17-29-24(28)21-12-6-4-10-19(21)15-14-18-8-2-1-3-9-18/h1-13H,14-15,17H2,(H,26,27). The molecular weight excluding hydrogens is 364 g/mol. The van der Waals surface area contributed by atoms with Crippen LogP contribution in [-0.4, -0.2) is 18.5 Å².